The quantitative estimate of drug-likeness (QED) is 0.863. The molecule has 3 rings (SSSR count). The summed E-state index contributed by atoms with van der Waals surface area (Å²) in [6.45, 7) is 7.89. The Labute approximate surface area is 145 Å². The second-order valence-electron chi connectivity index (χ2n) is 6.16. The Kier molecular flexibility index (Phi) is 5.25. The molecule has 0 spiro atoms. The lowest BCUT2D eigenvalue weighted by atomic mass is 10.1. The van der Waals surface area contributed by atoms with Crippen LogP contribution in [0.3, 0.4) is 0 Å². The van der Waals surface area contributed by atoms with Crippen LogP contribution in [0.5, 0.6) is 0 Å². The van der Waals surface area contributed by atoms with Crippen LogP contribution in [0.4, 0.5) is 0 Å². The number of hydrogen-bond acceptors (Lipinski definition) is 6. The van der Waals surface area contributed by atoms with Crippen molar-refractivity contribution >= 4 is 17.2 Å². The zero-order chi connectivity index (χ0) is 17.1. The number of carbonyl (C=O) groups is 1. The van der Waals surface area contributed by atoms with Gasteiger partial charge in [-0.3, -0.25) is 4.79 Å². The smallest absolute Gasteiger partial charge is 0.274 e. The Morgan fingerprint density at radius 1 is 1.50 bits per heavy atom. The fraction of sp³-hybridized carbons (Fsp3) is 0.625. The average Bonchev–Trinajstić information content (AvgIpc) is 3.22. The summed E-state index contributed by atoms with van der Waals surface area (Å²) in [4.78, 5) is 17.1. The van der Waals surface area contributed by atoms with Crippen LogP contribution in [0.1, 0.15) is 65.7 Å². The highest BCUT2D eigenvalue weighted by Crippen LogP contribution is 2.21. The van der Waals surface area contributed by atoms with Gasteiger partial charge in [-0.2, -0.15) is 0 Å². The molecule has 1 unspecified atom stereocenters. The summed E-state index contributed by atoms with van der Waals surface area (Å²) in [6.07, 6.45) is 2.94. The molecule has 2 aromatic heterocycles. The SMILES string of the molecule is CCc1nc(C(C)NC(=O)c2nnn(C3CCNCC3)c2C)cs1. The van der Waals surface area contributed by atoms with Crippen molar-refractivity contribution in [2.45, 2.75) is 52.1 Å². The molecule has 2 N–H and O–H groups in total. The van der Waals surface area contributed by atoms with E-state index in [1.807, 2.05) is 23.9 Å². The first-order chi connectivity index (χ1) is 11.6. The monoisotopic (exact) mass is 348 g/mol. The highest BCUT2D eigenvalue weighted by molar-refractivity contribution is 7.09. The van der Waals surface area contributed by atoms with E-state index in [-0.39, 0.29) is 11.9 Å². The second kappa shape index (κ2) is 7.40. The van der Waals surface area contributed by atoms with E-state index in [9.17, 15) is 4.79 Å². The summed E-state index contributed by atoms with van der Waals surface area (Å²) in [5.74, 6) is -0.189. The molecule has 1 aliphatic heterocycles. The standard InChI is InChI=1S/C16H24N6OS/c1-4-14-19-13(9-24-14)10(2)18-16(23)15-11(3)22(21-20-15)12-5-7-17-8-6-12/h9-10,12,17H,4-8H2,1-3H3,(H,18,23). The lowest BCUT2D eigenvalue weighted by molar-refractivity contribution is 0.0933. The molecular weight excluding hydrogens is 324 g/mol. The second-order valence-corrected chi connectivity index (χ2v) is 7.11. The van der Waals surface area contributed by atoms with E-state index in [4.69, 9.17) is 0 Å². The first-order valence-electron chi connectivity index (χ1n) is 8.47. The summed E-state index contributed by atoms with van der Waals surface area (Å²) in [6, 6.07) is 0.181. The fourth-order valence-corrected chi connectivity index (χ4v) is 3.81. The van der Waals surface area contributed by atoms with E-state index in [2.05, 4.69) is 32.9 Å². The van der Waals surface area contributed by atoms with Crippen LogP contribution in [0.25, 0.3) is 0 Å². The van der Waals surface area contributed by atoms with Gasteiger partial charge in [-0.1, -0.05) is 12.1 Å². The molecule has 3 heterocycles. The molecule has 24 heavy (non-hydrogen) atoms. The van der Waals surface area contributed by atoms with Gasteiger partial charge in [0.15, 0.2) is 5.69 Å². The molecule has 0 bridgehead atoms. The third-order valence-electron chi connectivity index (χ3n) is 4.46. The number of aromatic nitrogens is 4. The van der Waals surface area contributed by atoms with Crippen LogP contribution >= 0.6 is 11.3 Å². The van der Waals surface area contributed by atoms with Crippen LogP contribution < -0.4 is 10.6 Å². The van der Waals surface area contributed by atoms with Gasteiger partial charge in [-0.25, -0.2) is 9.67 Å². The molecule has 2 aromatic rings. The number of hydrogen-bond donors (Lipinski definition) is 2. The molecule has 1 amide bonds. The topological polar surface area (TPSA) is 84.7 Å². The number of aryl methyl sites for hydroxylation is 1. The van der Waals surface area contributed by atoms with Crippen molar-refractivity contribution in [1.82, 2.24) is 30.6 Å². The lowest BCUT2D eigenvalue weighted by Crippen LogP contribution is -2.31. The molecule has 1 atom stereocenters. The van der Waals surface area contributed by atoms with Gasteiger partial charge in [0.2, 0.25) is 0 Å². The molecule has 8 heteroatoms. The van der Waals surface area contributed by atoms with Crippen molar-refractivity contribution < 1.29 is 4.79 Å². The molecule has 130 valence electrons. The lowest BCUT2D eigenvalue weighted by Gasteiger charge is -2.23. The molecular formula is C16H24N6OS. The Balaban J connectivity index is 1.69. The maximum absolute atomic E-state index is 12.6. The number of nitrogens with zero attached hydrogens (tertiary/aromatic N) is 4. The Bertz CT molecular complexity index is 703. The molecule has 1 aliphatic rings. The zero-order valence-corrected chi connectivity index (χ0v) is 15.2. The summed E-state index contributed by atoms with van der Waals surface area (Å²) in [7, 11) is 0. The largest absolute Gasteiger partial charge is 0.342 e. The highest BCUT2D eigenvalue weighted by Gasteiger charge is 2.24. The number of carbonyl (C=O) groups excluding carboxylic acids is 1. The third kappa shape index (κ3) is 3.49. The minimum absolute atomic E-state index is 0.141. The normalized spacial score (nSPS) is 17.0. The van der Waals surface area contributed by atoms with Crippen molar-refractivity contribution in [1.29, 1.82) is 0 Å². The van der Waals surface area contributed by atoms with E-state index in [1.54, 1.807) is 11.3 Å². The number of amides is 1. The maximum atomic E-state index is 12.6. The van der Waals surface area contributed by atoms with Gasteiger partial charge < -0.3 is 10.6 Å². The molecule has 0 aromatic carbocycles. The van der Waals surface area contributed by atoms with E-state index < -0.39 is 0 Å². The summed E-state index contributed by atoms with van der Waals surface area (Å²) in [5, 5.41) is 17.8. The maximum Gasteiger partial charge on any atom is 0.274 e. The number of rotatable bonds is 5. The van der Waals surface area contributed by atoms with Crippen molar-refractivity contribution in [2.75, 3.05) is 13.1 Å². The van der Waals surface area contributed by atoms with Crippen molar-refractivity contribution in [3.63, 3.8) is 0 Å². The minimum atomic E-state index is -0.189. The van der Waals surface area contributed by atoms with Gasteiger partial charge in [0.1, 0.15) is 0 Å². The third-order valence-corrected chi connectivity index (χ3v) is 5.47. The number of thiazole rings is 1. The van der Waals surface area contributed by atoms with Gasteiger partial charge in [0.25, 0.3) is 5.91 Å². The predicted molar refractivity (Wildman–Crippen MR) is 93.3 cm³/mol. The average molecular weight is 348 g/mol. The highest BCUT2D eigenvalue weighted by atomic mass is 32.1. The van der Waals surface area contributed by atoms with Gasteiger partial charge in [-0.05, 0) is 46.2 Å². The van der Waals surface area contributed by atoms with Gasteiger partial charge in [0.05, 0.1) is 28.5 Å². The van der Waals surface area contributed by atoms with Crippen molar-refractivity contribution in [3.05, 3.63) is 27.5 Å². The van der Waals surface area contributed by atoms with Crippen LogP contribution in [0.2, 0.25) is 0 Å². The van der Waals surface area contributed by atoms with E-state index in [0.29, 0.717) is 11.7 Å². The van der Waals surface area contributed by atoms with E-state index in [1.165, 1.54) is 0 Å². The van der Waals surface area contributed by atoms with Crippen molar-refractivity contribution in [3.8, 4) is 0 Å². The Hall–Kier alpha value is -1.80. The summed E-state index contributed by atoms with van der Waals surface area (Å²) in [5.41, 5.74) is 2.14. The zero-order valence-electron chi connectivity index (χ0n) is 14.4. The van der Waals surface area contributed by atoms with Crippen molar-refractivity contribution in [2.24, 2.45) is 0 Å². The van der Waals surface area contributed by atoms with Gasteiger partial charge in [0, 0.05) is 5.38 Å². The van der Waals surface area contributed by atoms with Crippen LogP contribution in [0.15, 0.2) is 5.38 Å². The predicted octanol–water partition coefficient (Wildman–Crippen LogP) is 2.02. The van der Waals surface area contributed by atoms with Crippen LogP contribution in [0, 0.1) is 6.92 Å². The fourth-order valence-electron chi connectivity index (χ4n) is 2.97. The Morgan fingerprint density at radius 3 is 2.92 bits per heavy atom. The van der Waals surface area contributed by atoms with E-state index >= 15 is 0 Å². The Morgan fingerprint density at radius 2 is 2.25 bits per heavy atom. The minimum Gasteiger partial charge on any atom is -0.342 e. The molecule has 0 aliphatic carbocycles. The molecule has 0 radical (unpaired) electrons. The number of nitrogens with one attached hydrogen (secondary N) is 2. The molecule has 1 fully saturated rings. The first kappa shape index (κ1) is 17.0. The van der Waals surface area contributed by atoms with E-state index in [0.717, 1.165) is 48.7 Å². The number of piperidine rings is 1. The molecule has 7 nitrogen and oxygen atoms in total. The summed E-state index contributed by atoms with van der Waals surface area (Å²) >= 11 is 1.63. The molecule has 0 saturated carbocycles. The van der Waals surface area contributed by atoms with Gasteiger partial charge in [-0.15, -0.1) is 16.4 Å². The van der Waals surface area contributed by atoms with Crippen LogP contribution in [-0.4, -0.2) is 39.0 Å². The van der Waals surface area contributed by atoms with Crippen LogP contribution in [-0.2, 0) is 6.42 Å². The first-order valence-corrected chi connectivity index (χ1v) is 9.35. The van der Waals surface area contributed by atoms with Gasteiger partial charge >= 0.3 is 0 Å². The summed E-state index contributed by atoms with van der Waals surface area (Å²) < 4.78 is 1.90. The molecule has 1 saturated heterocycles.